The molecule has 1 fully saturated rings. The molecular weight excluding hydrogens is 336 g/mol. The smallest absolute Gasteiger partial charge is 0.323 e. The Hall–Kier alpha value is -1.84. The quantitative estimate of drug-likeness (QED) is 0.727. The normalized spacial score (nSPS) is 21.5. The number of likely N-dealkylation sites (tertiary alicyclic amines) is 1. The first-order valence-corrected chi connectivity index (χ1v) is 8.83. The van der Waals surface area contributed by atoms with Crippen molar-refractivity contribution in [3.05, 3.63) is 18.2 Å². The molecular formula is C15H22N2O6S. The number of carbonyl (C=O) groups excluding carboxylic acids is 1. The number of methoxy groups -OCH3 is 3. The van der Waals surface area contributed by atoms with Crippen LogP contribution in [0.4, 0.5) is 0 Å². The van der Waals surface area contributed by atoms with E-state index >= 15 is 0 Å². The number of benzene rings is 1. The Balaban J connectivity index is 2.22. The maximum absolute atomic E-state index is 12.7. The van der Waals surface area contributed by atoms with Crippen molar-refractivity contribution < 1.29 is 27.4 Å². The number of esters is 1. The first-order chi connectivity index (χ1) is 11.3. The second-order valence-electron chi connectivity index (χ2n) is 5.55. The van der Waals surface area contributed by atoms with Crippen LogP contribution in [-0.2, 0) is 19.6 Å². The van der Waals surface area contributed by atoms with Crippen LogP contribution in [0.25, 0.3) is 0 Å². The van der Waals surface area contributed by atoms with E-state index in [-0.39, 0.29) is 16.6 Å². The number of ether oxygens (including phenoxy) is 3. The van der Waals surface area contributed by atoms with Gasteiger partial charge in [-0.3, -0.25) is 9.69 Å². The molecule has 0 saturated carbocycles. The van der Waals surface area contributed by atoms with Gasteiger partial charge in [0.15, 0.2) is 0 Å². The molecule has 2 atom stereocenters. The Morgan fingerprint density at radius 1 is 1.25 bits per heavy atom. The van der Waals surface area contributed by atoms with Crippen molar-refractivity contribution in [1.82, 2.24) is 9.62 Å². The van der Waals surface area contributed by atoms with E-state index in [0.717, 1.165) is 0 Å². The molecule has 0 unspecified atom stereocenters. The minimum atomic E-state index is -3.83. The van der Waals surface area contributed by atoms with Crippen molar-refractivity contribution in [2.24, 2.45) is 0 Å². The summed E-state index contributed by atoms with van der Waals surface area (Å²) in [5, 5.41) is 0. The van der Waals surface area contributed by atoms with E-state index < -0.39 is 22.1 Å². The van der Waals surface area contributed by atoms with Crippen LogP contribution in [0.1, 0.15) is 6.42 Å². The van der Waals surface area contributed by atoms with Gasteiger partial charge in [-0.25, -0.2) is 13.1 Å². The van der Waals surface area contributed by atoms with Crippen LogP contribution in [0.3, 0.4) is 0 Å². The van der Waals surface area contributed by atoms with Crippen molar-refractivity contribution >= 4 is 16.0 Å². The highest BCUT2D eigenvalue weighted by atomic mass is 32.2. The van der Waals surface area contributed by atoms with Crippen LogP contribution >= 0.6 is 0 Å². The summed E-state index contributed by atoms with van der Waals surface area (Å²) < 4.78 is 43.0. The number of rotatable bonds is 6. The molecule has 1 heterocycles. The van der Waals surface area contributed by atoms with E-state index in [1.54, 1.807) is 18.0 Å². The lowest BCUT2D eigenvalue weighted by atomic mass is 10.2. The third kappa shape index (κ3) is 3.80. The second-order valence-corrected chi connectivity index (χ2v) is 7.23. The molecule has 134 valence electrons. The van der Waals surface area contributed by atoms with Gasteiger partial charge in [0.05, 0.1) is 21.3 Å². The highest BCUT2D eigenvalue weighted by Crippen LogP contribution is 2.29. The number of likely N-dealkylation sites (N-methyl/N-ethyl adjacent to an activating group) is 1. The molecule has 1 aliphatic heterocycles. The summed E-state index contributed by atoms with van der Waals surface area (Å²) in [6, 6.07) is 3.69. The van der Waals surface area contributed by atoms with Crippen LogP contribution in [-0.4, -0.2) is 66.3 Å². The lowest BCUT2D eigenvalue weighted by Crippen LogP contribution is -2.36. The first-order valence-electron chi connectivity index (χ1n) is 7.34. The van der Waals surface area contributed by atoms with Gasteiger partial charge in [0, 0.05) is 18.7 Å². The topological polar surface area (TPSA) is 94.2 Å². The maximum Gasteiger partial charge on any atom is 0.323 e. The van der Waals surface area contributed by atoms with Gasteiger partial charge in [-0.2, -0.15) is 0 Å². The van der Waals surface area contributed by atoms with E-state index in [1.807, 2.05) is 0 Å². The van der Waals surface area contributed by atoms with Gasteiger partial charge >= 0.3 is 5.97 Å². The summed E-state index contributed by atoms with van der Waals surface area (Å²) >= 11 is 0. The molecule has 9 heteroatoms. The number of sulfonamides is 1. The molecule has 0 aromatic heterocycles. The molecule has 1 aromatic carbocycles. The molecule has 1 aromatic rings. The number of hydrogen-bond donors (Lipinski definition) is 1. The van der Waals surface area contributed by atoms with E-state index in [9.17, 15) is 13.2 Å². The zero-order valence-electron chi connectivity index (χ0n) is 14.1. The van der Waals surface area contributed by atoms with Crippen LogP contribution in [0.2, 0.25) is 0 Å². The van der Waals surface area contributed by atoms with E-state index in [1.165, 1.54) is 33.5 Å². The second kappa shape index (κ2) is 7.37. The van der Waals surface area contributed by atoms with E-state index in [0.29, 0.717) is 18.7 Å². The van der Waals surface area contributed by atoms with Gasteiger partial charge < -0.3 is 14.2 Å². The van der Waals surface area contributed by atoms with E-state index in [4.69, 9.17) is 14.2 Å². The minimum Gasteiger partial charge on any atom is -0.497 e. The van der Waals surface area contributed by atoms with Crippen molar-refractivity contribution in [2.75, 3.05) is 34.9 Å². The molecule has 1 N–H and O–H groups in total. The number of hydrogen-bond acceptors (Lipinski definition) is 7. The summed E-state index contributed by atoms with van der Waals surface area (Å²) in [5.41, 5.74) is 0. The van der Waals surface area contributed by atoms with Crippen LogP contribution < -0.4 is 14.2 Å². The fourth-order valence-corrected chi connectivity index (χ4v) is 4.20. The highest BCUT2D eigenvalue weighted by molar-refractivity contribution is 7.89. The van der Waals surface area contributed by atoms with Gasteiger partial charge in [0.2, 0.25) is 10.0 Å². The summed E-state index contributed by atoms with van der Waals surface area (Å²) in [4.78, 5) is 13.5. The molecule has 0 spiro atoms. The Morgan fingerprint density at radius 3 is 2.54 bits per heavy atom. The monoisotopic (exact) mass is 358 g/mol. The van der Waals surface area contributed by atoms with Crippen molar-refractivity contribution in [3.63, 3.8) is 0 Å². The Bertz CT molecular complexity index is 706. The van der Waals surface area contributed by atoms with Gasteiger partial charge in [0.1, 0.15) is 22.4 Å². The number of carbonyl (C=O) groups is 1. The lowest BCUT2D eigenvalue weighted by Gasteiger charge is -2.16. The van der Waals surface area contributed by atoms with Gasteiger partial charge in [-0.1, -0.05) is 0 Å². The highest BCUT2D eigenvalue weighted by Gasteiger charge is 2.37. The fraction of sp³-hybridized carbons (Fsp3) is 0.533. The Labute approximate surface area is 141 Å². The van der Waals surface area contributed by atoms with Crippen molar-refractivity contribution in [1.29, 1.82) is 0 Å². The Kier molecular flexibility index (Phi) is 5.68. The zero-order valence-corrected chi connectivity index (χ0v) is 14.9. The molecule has 0 bridgehead atoms. The number of nitrogens with one attached hydrogen (secondary N) is 1. The molecule has 1 saturated heterocycles. The number of nitrogens with zero attached hydrogens (tertiary/aromatic N) is 1. The standard InChI is InChI=1S/C15H22N2O6S/c1-17-9-10(7-12(17)15(18)23-4)16-24(19,20)14-8-11(21-2)5-6-13(14)22-3/h5-6,8,10,12,16H,7,9H2,1-4H3/t10-,12-/m0/s1. The Morgan fingerprint density at radius 2 is 1.96 bits per heavy atom. The molecule has 2 rings (SSSR count). The molecule has 0 radical (unpaired) electrons. The SMILES string of the molecule is COC(=O)[C@@H]1C[C@H](NS(=O)(=O)c2cc(OC)ccc2OC)CN1C. The average molecular weight is 358 g/mol. The zero-order chi connectivity index (χ0) is 17.9. The molecule has 0 aliphatic carbocycles. The summed E-state index contributed by atoms with van der Waals surface area (Å²) in [7, 11) is 2.09. The van der Waals surface area contributed by atoms with Crippen molar-refractivity contribution in [3.8, 4) is 11.5 Å². The van der Waals surface area contributed by atoms with Crippen LogP contribution in [0.5, 0.6) is 11.5 Å². The summed E-state index contributed by atoms with van der Waals surface area (Å²) in [6.45, 7) is 0.408. The fourth-order valence-electron chi connectivity index (χ4n) is 2.77. The molecule has 0 amide bonds. The van der Waals surface area contributed by atoms with Crippen molar-refractivity contribution in [2.45, 2.75) is 23.4 Å². The largest absolute Gasteiger partial charge is 0.497 e. The third-order valence-electron chi connectivity index (χ3n) is 4.00. The lowest BCUT2D eigenvalue weighted by molar-refractivity contribution is -0.145. The molecule has 1 aliphatic rings. The third-order valence-corrected chi connectivity index (χ3v) is 5.55. The summed E-state index contributed by atoms with van der Waals surface area (Å²) in [5.74, 6) is 0.254. The van der Waals surface area contributed by atoms with Crippen LogP contribution in [0.15, 0.2) is 23.1 Å². The van der Waals surface area contributed by atoms with E-state index in [2.05, 4.69) is 4.72 Å². The van der Waals surface area contributed by atoms with Gasteiger partial charge in [-0.05, 0) is 25.6 Å². The first kappa shape index (κ1) is 18.5. The van der Waals surface area contributed by atoms with Crippen LogP contribution in [0, 0.1) is 0 Å². The van der Waals surface area contributed by atoms with Gasteiger partial charge in [0.25, 0.3) is 0 Å². The molecule has 8 nitrogen and oxygen atoms in total. The predicted molar refractivity (Wildman–Crippen MR) is 86.7 cm³/mol. The summed E-state index contributed by atoms with van der Waals surface area (Å²) in [6.07, 6.45) is 0.342. The molecule has 24 heavy (non-hydrogen) atoms. The average Bonchev–Trinajstić information content (AvgIpc) is 2.92. The minimum absolute atomic E-state index is 0.00600. The predicted octanol–water partition coefficient (Wildman–Crippen LogP) is 0.228. The van der Waals surface area contributed by atoms with Gasteiger partial charge in [-0.15, -0.1) is 0 Å². The maximum atomic E-state index is 12.7.